The lowest BCUT2D eigenvalue weighted by Crippen LogP contribution is -2.07. The third-order valence-corrected chi connectivity index (χ3v) is 7.93. The predicted octanol–water partition coefficient (Wildman–Crippen LogP) is 9.49. The maximum absolute atomic E-state index is 2.45. The standard InChI is InChI=1S/C30H42/c1-2-3-6-15-30(28-20-16-26(17-21-28)24-11-7-4-8-12-24)29-22-18-27(19-23-29)25-13-9-5-10-14-25/h16-25,30H,2-15H2,1H3. The van der Waals surface area contributed by atoms with Crippen molar-refractivity contribution >= 4 is 0 Å². The molecule has 0 aliphatic heterocycles. The molecule has 2 fully saturated rings. The summed E-state index contributed by atoms with van der Waals surface area (Å²) in [5.74, 6) is 2.17. The Hall–Kier alpha value is -1.56. The van der Waals surface area contributed by atoms with Crippen LogP contribution < -0.4 is 0 Å². The van der Waals surface area contributed by atoms with Crippen LogP contribution in [0.2, 0.25) is 0 Å². The largest absolute Gasteiger partial charge is 0.0654 e. The molecular weight excluding hydrogens is 360 g/mol. The highest BCUT2D eigenvalue weighted by molar-refractivity contribution is 5.37. The molecule has 2 aromatic carbocycles. The minimum Gasteiger partial charge on any atom is -0.0654 e. The van der Waals surface area contributed by atoms with Crippen molar-refractivity contribution in [2.45, 2.75) is 115 Å². The van der Waals surface area contributed by atoms with Crippen LogP contribution in [0.4, 0.5) is 0 Å². The van der Waals surface area contributed by atoms with Gasteiger partial charge in [-0.3, -0.25) is 0 Å². The Bertz CT molecular complexity index is 665. The lowest BCUT2D eigenvalue weighted by molar-refractivity contribution is 0.443. The highest BCUT2D eigenvalue weighted by Gasteiger charge is 2.19. The third kappa shape index (κ3) is 5.57. The SMILES string of the molecule is CCCCCC(c1ccc(C2CCCCC2)cc1)c1ccc(C2CCCCC2)cc1. The monoisotopic (exact) mass is 402 g/mol. The molecule has 2 aliphatic rings. The molecule has 0 spiro atoms. The summed E-state index contributed by atoms with van der Waals surface area (Å²) in [5.41, 5.74) is 6.21. The fraction of sp³-hybridized carbons (Fsp3) is 0.600. The third-order valence-electron chi connectivity index (χ3n) is 7.93. The summed E-state index contributed by atoms with van der Waals surface area (Å²) >= 11 is 0. The van der Waals surface area contributed by atoms with E-state index in [9.17, 15) is 0 Å². The van der Waals surface area contributed by atoms with Crippen LogP contribution in [0.25, 0.3) is 0 Å². The summed E-state index contributed by atoms with van der Waals surface area (Å²) in [4.78, 5) is 0. The van der Waals surface area contributed by atoms with Crippen LogP contribution in [-0.4, -0.2) is 0 Å². The van der Waals surface area contributed by atoms with Crippen LogP contribution >= 0.6 is 0 Å². The van der Waals surface area contributed by atoms with E-state index >= 15 is 0 Å². The van der Waals surface area contributed by atoms with Gasteiger partial charge in [-0.25, -0.2) is 0 Å². The summed E-state index contributed by atoms with van der Waals surface area (Å²) in [6.45, 7) is 2.31. The Balaban J connectivity index is 1.50. The molecule has 0 atom stereocenters. The Morgan fingerprint density at radius 1 is 0.600 bits per heavy atom. The molecule has 162 valence electrons. The highest BCUT2D eigenvalue weighted by Crippen LogP contribution is 2.37. The second-order valence-corrected chi connectivity index (χ2v) is 10.1. The van der Waals surface area contributed by atoms with E-state index in [2.05, 4.69) is 55.5 Å². The molecule has 2 saturated carbocycles. The van der Waals surface area contributed by atoms with Gasteiger partial charge < -0.3 is 0 Å². The van der Waals surface area contributed by atoms with Gasteiger partial charge in [0.15, 0.2) is 0 Å². The van der Waals surface area contributed by atoms with E-state index in [1.165, 1.54) is 101 Å². The van der Waals surface area contributed by atoms with E-state index in [1.54, 1.807) is 11.1 Å². The van der Waals surface area contributed by atoms with Gasteiger partial charge in [-0.05, 0) is 66.2 Å². The predicted molar refractivity (Wildman–Crippen MR) is 131 cm³/mol. The van der Waals surface area contributed by atoms with Crippen molar-refractivity contribution in [3.05, 3.63) is 70.8 Å². The Morgan fingerprint density at radius 2 is 1.03 bits per heavy atom. The molecule has 4 rings (SSSR count). The summed E-state index contributed by atoms with van der Waals surface area (Å²) in [5, 5.41) is 0. The van der Waals surface area contributed by atoms with Crippen molar-refractivity contribution in [1.29, 1.82) is 0 Å². The fourth-order valence-corrected chi connectivity index (χ4v) is 6.00. The minimum atomic E-state index is 0.553. The van der Waals surface area contributed by atoms with Gasteiger partial charge in [-0.2, -0.15) is 0 Å². The first-order valence-electron chi connectivity index (χ1n) is 13.0. The van der Waals surface area contributed by atoms with Gasteiger partial charge in [-0.1, -0.05) is 113 Å². The second-order valence-electron chi connectivity index (χ2n) is 10.1. The first-order valence-corrected chi connectivity index (χ1v) is 13.0. The van der Waals surface area contributed by atoms with Gasteiger partial charge in [0.1, 0.15) is 0 Å². The molecule has 30 heavy (non-hydrogen) atoms. The normalized spacial score (nSPS) is 18.7. The van der Waals surface area contributed by atoms with Gasteiger partial charge in [0.05, 0.1) is 0 Å². The zero-order valence-corrected chi connectivity index (χ0v) is 19.3. The molecule has 0 heteroatoms. The Labute approximate surface area is 185 Å². The van der Waals surface area contributed by atoms with Crippen molar-refractivity contribution in [2.24, 2.45) is 0 Å². The smallest absolute Gasteiger partial charge is 0.00893 e. The van der Waals surface area contributed by atoms with Crippen molar-refractivity contribution in [2.75, 3.05) is 0 Å². The van der Waals surface area contributed by atoms with E-state index < -0.39 is 0 Å². The van der Waals surface area contributed by atoms with Gasteiger partial charge in [0, 0.05) is 5.92 Å². The summed E-state index contributed by atoms with van der Waals surface area (Å²) in [6, 6.07) is 19.6. The topological polar surface area (TPSA) is 0 Å². The molecule has 0 bridgehead atoms. The average Bonchev–Trinajstić information content (AvgIpc) is 2.83. The van der Waals surface area contributed by atoms with E-state index in [1.807, 2.05) is 0 Å². The molecule has 0 amide bonds. The lowest BCUT2D eigenvalue weighted by atomic mass is 9.81. The Morgan fingerprint density at radius 3 is 1.43 bits per heavy atom. The van der Waals surface area contributed by atoms with Crippen LogP contribution in [0.1, 0.15) is 137 Å². The van der Waals surface area contributed by atoms with Crippen LogP contribution in [0.5, 0.6) is 0 Å². The van der Waals surface area contributed by atoms with Crippen molar-refractivity contribution in [1.82, 2.24) is 0 Å². The molecule has 0 nitrogen and oxygen atoms in total. The van der Waals surface area contributed by atoms with E-state index in [4.69, 9.17) is 0 Å². The summed E-state index contributed by atoms with van der Waals surface area (Å²) in [6.07, 6.45) is 19.3. The van der Waals surface area contributed by atoms with Crippen LogP contribution in [-0.2, 0) is 0 Å². The number of benzene rings is 2. The maximum Gasteiger partial charge on any atom is 0.00893 e. The molecule has 2 aromatic rings. The maximum atomic E-state index is 2.45. The average molecular weight is 403 g/mol. The first kappa shape index (κ1) is 21.7. The van der Waals surface area contributed by atoms with Crippen LogP contribution in [0.15, 0.2) is 48.5 Å². The fourth-order valence-electron chi connectivity index (χ4n) is 6.00. The van der Waals surface area contributed by atoms with Crippen molar-refractivity contribution < 1.29 is 0 Å². The van der Waals surface area contributed by atoms with Gasteiger partial charge in [-0.15, -0.1) is 0 Å². The van der Waals surface area contributed by atoms with Crippen LogP contribution in [0.3, 0.4) is 0 Å². The summed E-state index contributed by atoms with van der Waals surface area (Å²) < 4.78 is 0. The number of hydrogen-bond acceptors (Lipinski definition) is 0. The van der Waals surface area contributed by atoms with Crippen LogP contribution in [0, 0.1) is 0 Å². The van der Waals surface area contributed by atoms with Gasteiger partial charge >= 0.3 is 0 Å². The molecule has 0 radical (unpaired) electrons. The van der Waals surface area contributed by atoms with E-state index in [-0.39, 0.29) is 0 Å². The lowest BCUT2D eigenvalue weighted by Gasteiger charge is -2.24. The van der Waals surface area contributed by atoms with Gasteiger partial charge in [0.25, 0.3) is 0 Å². The van der Waals surface area contributed by atoms with Crippen molar-refractivity contribution in [3.8, 4) is 0 Å². The van der Waals surface area contributed by atoms with Crippen molar-refractivity contribution in [3.63, 3.8) is 0 Å². The Kier molecular flexibility index (Phi) is 8.07. The first-order chi connectivity index (χ1) is 14.8. The van der Waals surface area contributed by atoms with E-state index in [0.29, 0.717) is 5.92 Å². The van der Waals surface area contributed by atoms with Gasteiger partial charge in [0.2, 0.25) is 0 Å². The quantitative estimate of drug-likeness (QED) is 0.386. The molecule has 0 N–H and O–H groups in total. The molecule has 0 heterocycles. The minimum absolute atomic E-state index is 0.553. The second kappa shape index (κ2) is 11.2. The molecular formula is C30H42. The van der Waals surface area contributed by atoms with E-state index in [0.717, 1.165) is 11.8 Å². The molecule has 0 aromatic heterocycles. The zero-order chi connectivity index (χ0) is 20.6. The number of rotatable bonds is 8. The molecule has 2 aliphatic carbocycles. The number of unbranched alkanes of at least 4 members (excludes halogenated alkanes) is 2. The highest BCUT2D eigenvalue weighted by atomic mass is 14.2. The molecule has 0 unspecified atom stereocenters. The molecule has 0 saturated heterocycles. The summed E-state index contributed by atoms with van der Waals surface area (Å²) in [7, 11) is 0. The number of hydrogen-bond donors (Lipinski definition) is 0. The zero-order valence-electron chi connectivity index (χ0n) is 19.3.